The van der Waals surface area contributed by atoms with Gasteiger partial charge < -0.3 is 15.0 Å². The Kier molecular flexibility index (Phi) is 5.18. The average Bonchev–Trinajstić information content (AvgIpc) is 2.65. The van der Waals surface area contributed by atoms with Gasteiger partial charge in [-0.2, -0.15) is 0 Å². The molecule has 1 heterocycles. The fraction of sp³-hybridized carbons (Fsp3) is 0.211. The molecule has 6 nitrogen and oxygen atoms in total. The Morgan fingerprint density at radius 3 is 2.58 bits per heavy atom. The quantitative estimate of drug-likeness (QED) is 0.601. The molecular formula is C19H19N3O3S. The minimum Gasteiger partial charge on any atom is -0.497 e. The lowest BCUT2D eigenvalue weighted by atomic mass is 10.0. The number of aromatic nitrogens is 2. The van der Waals surface area contributed by atoms with Gasteiger partial charge in [0.2, 0.25) is 0 Å². The van der Waals surface area contributed by atoms with Gasteiger partial charge >= 0.3 is 0 Å². The molecule has 0 aliphatic heterocycles. The van der Waals surface area contributed by atoms with E-state index in [2.05, 4.69) is 15.3 Å². The normalized spacial score (nSPS) is 11.9. The largest absolute Gasteiger partial charge is 0.497 e. The number of fused-ring (bicyclic) bond motifs is 1. The van der Waals surface area contributed by atoms with Crippen LogP contribution in [0, 0.1) is 4.77 Å². The minimum absolute atomic E-state index is 0.123. The number of carbonyl (C=O) groups excluding carboxylic acids is 1. The van der Waals surface area contributed by atoms with Gasteiger partial charge in [0.05, 0.1) is 24.1 Å². The smallest absolute Gasteiger partial charge is 0.259 e. The van der Waals surface area contributed by atoms with Crippen molar-refractivity contribution in [1.82, 2.24) is 15.3 Å². The second kappa shape index (κ2) is 7.53. The van der Waals surface area contributed by atoms with Gasteiger partial charge in [0.1, 0.15) is 5.75 Å². The number of benzene rings is 2. The molecule has 0 bridgehead atoms. The molecular weight excluding hydrogens is 350 g/mol. The van der Waals surface area contributed by atoms with E-state index < -0.39 is 0 Å². The van der Waals surface area contributed by atoms with Crippen molar-refractivity contribution in [2.75, 3.05) is 7.11 Å². The van der Waals surface area contributed by atoms with Crippen molar-refractivity contribution in [3.8, 4) is 5.75 Å². The number of carbonyl (C=O) groups is 1. The van der Waals surface area contributed by atoms with Crippen LogP contribution in [0.1, 0.15) is 35.3 Å². The number of nitrogens with one attached hydrogen (secondary N) is 3. The molecule has 3 rings (SSSR count). The Labute approximate surface area is 155 Å². The van der Waals surface area contributed by atoms with Gasteiger partial charge in [0.25, 0.3) is 11.5 Å². The van der Waals surface area contributed by atoms with Crippen LogP contribution in [0.2, 0.25) is 0 Å². The van der Waals surface area contributed by atoms with Crippen LogP contribution in [0.4, 0.5) is 0 Å². The lowest BCUT2D eigenvalue weighted by Gasteiger charge is -2.18. The maximum absolute atomic E-state index is 12.7. The molecule has 1 aromatic heterocycles. The van der Waals surface area contributed by atoms with Crippen molar-refractivity contribution in [3.63, 3.8) is 0 Å². The maximum atomic E-state index is 12.7. The van der Waals surface area contributed by atoms with Gasteiger partial charge in [-0.3, -0.25) is 14.6 Å². The van der Waals surface area contributed by atoms with Crippen molar-refractivity contribution in [2.24, 2.45) is 0 Å². The summed E-state index contributed by atoms with van der Waals surface area (Å²) in [5, 5.41) is 3.48. The highest BCUT2D eigenvalue weighted by Crippen LogP contribution is 2.21. The first-order valence-corrected chi connectivity index (χ1v) is 8.64. The van der Waals surface area contributed by atoms with Crippen LogP contribution >= 0.6 is 12.2 Å². The van der Waals surface area contributed by atoms with E-state index >= 15 is 0 Å². The number of H-pyrrole nitrogens is 2. The number of hydrogen-bond donors (Lipinski definition) is 3. The molecule has 0 aliphatic carbocycles. The third-order valence-corrected chi connectivity index (χ3v) is 4.44. The molecule has 0 fully saturated rings. The Balaban J connectivity index is 1.86. The summed E-state index contributed by atoms with van der Waals surface area (Å²) < 4.78 is 5.39. The van der Waals surface area contributed by atoms with Crippen molar-refractivity contribution < 1.29 is 9.53 Å². The zero-order valence-corrected chi connectivity index (χ0v) is 15.3. The summed E-state index contributed by atoms with van der Waals surface area (Å²) in [6.07, 6.45) is 0.744. The van der Waals surface area contributed by atoms with E-state index in [9.17, 15) is 9.59 Å². The van der Waals surface area contributed by atoms with Gasteiger partial charge in [-0.05, 0) is 54.5 Å². The molecule has 7 heteroatoms. The summed E-state index contributed by atoms with van der Waals surface area (Å²) >= 11 is 4.99. The lowest BCUT2D eigenvalue weighted by Crippen LogP contribution is -2.28. The molecule has 0 unspecified atom stereocenters. The number of hydrogen-bond acceptors (Lipinski definition) is 4. The third kappa shape index (κ3) is 3.67. The Morgan fingerprint density at radius 2 is 1.92 bits per heavy atom. The first-order valence-electron chi connectivity index (χ1n) is 8.23. The third-order valence-electron chi connectivity index (χ3n) is 4.23. The second-order valence-electron chi connectivity index (χ2n) is 5.88. The van der Waals surface area contributed by atoms with Crippen molar-refractivity contribution in [1.29, 1.82) is 0 Å². The molecule has 2 aromatic carbocycles. The molecule has 0 saturated carbocycles. The van der Waals surface area contributed by atoms with E-state index in [4.69, 9.17) is 17.0 Å². The van der Waals surface area contributed by atoms with Crippen LogP contribution in [-0.2, 0) is 0 Å². The average molecular weight is 369 g/mol. The zero-order valence-electron chi connectivity index (χ0n) is 14.5. The van der Waals surface area contributed by atoms with Crippen molar-refractivity contribution >= 4 is 29.0 Å². The molecule has 3 N–H and O–H groups in total. The summed E-state index contributed by atoms with van der Waals surface area (Å²) in [4.78, 5) is 30.0. The first kappa shape index (κ1) is 17.9. The van der Waals surface area contributed by atoms with Crippen LogP contribution in [0.15, 0.2) is 47.3 Å². The van der Waals surface area contributed by atoms with E-state index in [1.54, 1.807) is 25.3 Å². The number of amides is 1. The van der Waals surface area contributed by atoms with E-state index in [1.165, 1.54) is 0 Å². The number of rotatable bonds is 5. The van der Waals surface area contributed by atoms with Crippen LogP contribution in [0.5, 0.6) is 5.75 Å². The van der Waals surface area contributed by atoms with Crippen LogP contribution < -0.4 is 15.6 Å². The van der Waals surface area contributed by atoms with Gasteiger partial charge in [-0.25, -0.2) is 0 Å². The molecule has 0 radical (unpaired) electrons. The molecule has 1 amide bonds. The number of aromatic amines is 2. The Morgan fingerprint density at radius 1 is 1.19 bits per heavy atom. The maximum Gasteiger partial charge on any atom is 0.259 e. The van der Waals surface area contributed by atoms with Crippen LogP contribution in [0.25, 0.3) is 10.9 Å². The number of ether oxygens (including phenoxy) is 1. The van der Waals surface area contributed by atoms with Gasteiger partial charge in [-0.15, -0.1) is 0 Å². The summed E-state index contributed by atoms with van der Waals surface area (Å²) in [5.74, 6) is 0.555. The van der Waals surface area contributed by atoms with E-state index in [-0.39, 0.29) is 22.3 Å². The summed E-state index contributed by atoms with van der Waals surface area (Å²) in [6, 6.07) is 12.4. The van der Waals surface area contributed by atoms with Crippen LogP contribution in [0.3, 0.4) is 0 Å². The van der Waals surface area contributed by atoms with Gasteiger partial charge in [-0.1, -0.05) is 19.1 Å². The van der Waals surface area contributed by atoms with Crippen molar-refractivity contribution in [2.45, 2.75) is 19.4 Å². The van der Waals surface area contributed by atoms with E-state index in [0.717, 1.165) is 17.7 Å². The molecule has 1 atom stereocenters. The zero-order chi connectivity index (χ0) is 18.7. The predicted octanol–water partition coefficient (Wildman–Crippen LogP) is 3.48. The second-order valence-corrected chi connectivity index (χ2v) is 6.28. The highest BCUT2D eigenvalue weighted by molar-refractivity contribution is 7.71. The highest BCUT2D eigenvalue weighted by atomic mass is 32.1. The Hall–Kier alpha value is -2.93. The summed E-state index contributed by atoms with van der Waals surface area (Å²) in [6.45, 7) is 2.01. The molecule has 3 aromatic rings. The fourth-order valence-electron chi connectivity index (χ4n) is 2.81. The van der Waals surface area contributed by atoms with E-state index in [0.29, 0.717) is 16.5 Å². The van der Waals surface area contributed by atoms with Crippen molar-refractivity contribution in [3.05, 3.63) is 68.7 Å². The standard InChI is InChI=1S/C19H19N3O3S/c1-3-15(11-4-7-13(25-2)8-5-11)20-17(23)12-6-9-14-16(10-12)21-19(26)22-18(14)24/h4-10,15H,3H2,1-2H3,(H,20,23)(H2,21,22,24,26)/t15-/m0/s1. The van der Waals surface area contributed by atoms with E-state index in [1.807, 2.05) is 31.2 Å². The fourth-order valence-corrected chi connectivity index (χ4v) is 3.01. The molecule has 0 aliphatic rings. The van der Waals surface area contributed by atoms with Gasteiger partial charge in [0.15, 0.2) is 4.77 Å². The summed E-state index contributed by atoms with van der Waals surface area (Å²) in [5.41, 5.74) is 1.71. The predicted molar refractivity (Wildman–Crippen MR) is 103 cm³/mol. The summed E-state index contributed by atoms with van der Waals surface area (Å²) in [7, 11) is 1.62. The molecule has 0 saturated heterocycles. The van der Waals surface area contributed by atoms with Gasteiger partial charge in [0, 0.05) is 5.56 Å². The Bertz CT molecular complexity index is 1050. The highest BCUT2D eigenvalue weighted by Gasteiger charge is 2.15. The van der Waals surface area contributed by atoms with Crippen LogP contribution in [-0.4, -0.2) is 23.0 Å². The number of methoxy groups -OCH3 is 1. The SMILES string of the molecule is CC[C@H](NC(=O)c1ccc2c(=O)[nH]c(=S)[nH]c2c1)c1ccc(OC)cc1. The lowest BCUT2D eigenvalue weighted by molar-refractivity contribution is 0.0935. The molecule has 134 valence electrons. The monoisotopic (exact) mass is 369 g/mol. The minimum atomic E-state index is -0.277. The topological polar surface area (TPSA) is 87.0 Å². The molecule has 26 heavy (non-hydrogen) atoms. The first-order chi connectivity index (χ1) is 12.5. The molecule has 0 spiro atoms.